The Morgan fingerprint density at radius 3 is 2.02 bits per heavy atom. The summed E-state index contributed by atoms with van der Waals surface area (Å²) >= 11 is 0. The summed E-state index contributed by atoms with van der Waals surface area (Å²) in [7, 11) is 2.89. The monoisotopic (exact) mass is 570 g/mol. The second-order valence-corrected chi connectivity index (χ2v) is 8.60. The Bertz CT molecular complexity index is 1530. The molecule has 14 heteroatoms. The Labute approximate surface area is 233 Å². The summed E-state index contributed by atoms with van der Waals surface area (Å²) in [4.78, 5) is 31.1. The summed E-state index contributed by atoms with van der Waals surface area (Å²) in [5, 5.41) is 8.10. The number of rotatable bonds is 9. The molecule has 1 saturated carbocycles. The zero-order chi connectivity index (χ0) is 29.5. The van der Waals surface area contributed by atoms with Crippen LogP contribution in [0.4, 0.5) is 8.78 Å². The maximum atomic E-state index is 14.1. The van der Waals surface area contributed by atoms with Crippen LogP contribution in [0.5, 0.6) is 11.8 Å². The Morgan fingerprint density at radius 2 is 1.44 bits per heavy atom. The molecule has 0 radical (unpaired) electrons. The van der Waals surface area contributed by atoms with Gasteiger partial charge in [-0.05, 0) is 26.7 Å². The second kappa shape index (κ2) is 13.0. The lowest BCUT2D eigenvalue weighted by molar-refractivity contribution is 0.0516. The molecular formula is C27H28F2N6O6. The highest BCUT2D eigenvalue weighted by Gasteiger charge is 2.34. The molecule has 0 unspecified atom stereocenters. The molecule has 0 spiro atoms. The van der Waals surface area contributed by atoms with Gasteiger partial charge in [0, 0.05) is 24.2 Å². The predicted molar refractivity (Wildman–Crippen MR) is 140 cm³/mol. The second-order valence-electron chi connectivity index (χ2n) is 8.60. The van der Waals surface area contributed by atoms with Gasteiger partial charge in [-0.15, -0.1) is 0 Å². The highest BCUT2D eigenvalue weighted by Crippen LogP contribution is 2.43. The van der Waals surface area contributed by atoms with Crippen molar-refractivity contribution in [2.45, 2.75) is 32.6 Å². The molecule has 0 N–H and O–H groups in total. The van der Waals surface area contributed by atoms with Crippen molar-refractivity contribution in [2.75, 3.05) is 27.4 Å². The number of ether oxygens (including phenoxy) is 4. The van der Waals surface area contributed by atoms with E-state index in [0.717, 1.165) is 25.2 Å². The van der Waals surface area contributed by atoms with Gasteiger partial charge in [-0.2, -0.15) is 10.2 Å². The van der Waals surface area contributed by atoms with Gasteiger partial charge in [-0.25, -0.2) is 37.7 Å². The highest BCUT2D eigenvalue weighted by molar-refractivity contribution is 5.91. The van der Waals surface area contributed by atoms with E-state index in [4.69, 9.17) is 18.9 Å². The first-order chi connectivity index (χ1) is 19.8. The number of pyridine rings is 2. The largest absolute Gasteiger partial charge is 0.481 e. The summed E-state index contributed by atoms with van der Waals surface area (Å²) in [6, 6.07) is 2.85. The van der Waals surface area contributed by atoms with Crippen LogP contribution in [0.1, 0.15) is 59.0 Å². The fourth-order valence-electron chi connectivity index (χ4n) is 3.82. The van der Waals surface area contributed by atoms with Crippen molar-refractivity contribution >= 4 is 11.9 Å². The number of esters is 2. The Balaban J connectivity index is 0.000000191. The summed E-state index contributed by atoms with van der Waals surface area (Å²) in [5.41, 5.74) is 1.67. The highest BCUT2D eigenvalue weighted by atomic mass is 19.1. The average Bonchev–Trinajstić information content (AvgIpc) is 3.51. The van der Waals surface area contributed by atoms with E-state index >= 15 is 0 Å². The van der Waals surface area contributed by atoms with E-state index in [1.165, 1.54) is 54.3 Å². The number of carbonyl (C=O) groups excluding carboxylic acids is 2. The van der Waals surface area contributed by atoms with Crippen LogP contribution in [-0.4, -0.2) is 68.9 Å². The average molecular weight is 571 g/mol. The van der Waals surface area contributed by atoms with Crippen LogP contribution in [0.3, 0.4) is 0 Å². The smallest absolute Gasteiger partial charge is 0.341 e. The minimum atomic E-state index is -0.570. The lowest BCUT2D eigenvalue weighted by Crippen LogP contribution is -2.10. The molecule has 1 fully saturated rings. The Kier molecular flexibility index (Phi) is 9.22. The first kappa shape index (κ1) is 29.1. The van der Waals surface area contributed by atoms with Crippen LogP contribution in [0.2, 0.25) is 0 Å². The van der Waals surface area contributed by atoms with Gasteiger partial charge in [0.25, 0.3) is 0 Å². The quantitative estimate of drug-likeness (QED) is 0.271. The molecule has 0 amide bonds. The maximum Gasteiger partial charge on any atom is 0.341 e. The minimum absolute atomic E-state index is 0.141. The summed E-state index contributed by atoms with van der Waals surface area (Å²) < 4.78 is 50.3. The normalized spacial score (nSPS) is 12.2. The number of nitrogens with zero attached hydrogens (tertiary/aromatic N) is 6. The van der Waals surface area contributed by atoms with E-state index < -0.39 is 23.6 Å². The van der Waals surface area contributed by atoms with Crippen LogP contribution in [0, 0.1) is 11.6 Å². The number of aromatic nitrogens is 6. The van der Waals surface area contributed by atoms with Gasteiger partial charge in [0.05, 0.1) is 63.5 Å². The molecule has 0 atom stereocenters. The standard InChI is InChI=1S/C15H16FN3O3.C12H12FN3O3/c1-3-22-15(20)10-7-18-19(14(10)9-4-5-9)12-6-13(21-2)17-8-11(12)16;1-3-19-12(17)8-5-15-16(7-8)10-4-11(18-2)14-6-9(10)13/h6-9H,3-5H2,1-2H3;4-7H,3H2,1-2H3. The van der Waals surface area contributed by atoms with Crippen LogP contribution in [0.25, 0.3) is 11.4 Å². The zero-order valence-electron chi connectivity index (χ0n) is 22.8. The van der Waals surface area contributed by atoms with Crippen molar-refractivity contribution in [2.24, 2.45) is 0 Å². The van der Waals surface area contributed by atoms with Crippen molar-refractivity contribution in [3.8, 4) is 23.1 Å². The third-order valence-electron chi connectivity index (χ3n) is 5.87. The molecule has 4 aromatic heterocycles. The van der Waals surface area contributed by atoms with Crippen LogP contribution >= 0.6 is 0 Å². The molecule has 1 aliphatic rings. The summed E-state index contributed by atoms with van der Waals surface area (Å²) in [6.07, 6.45) is 8.12. The topological polar surface area (TPSA) is 132 Å². The van der Waals surface area contributed by atoms with Crippen LogP contribution in [-0.2, 0) is 9.47 Å². The van der Waals surface area contributed by atoms with Gasteiger partial charge in [-0.1, -0.05) is 0 Å². The molecule has 0 aliphatic heterocycles. The van der Waals surface area contributed by atoms with E-state index in [1.54, 1.807) is 13.8 Å². The molecule has 41 heavy (non-hydrogen) atoms. The molecule has 4 heterocycles. The molecule has 1 aliphatic carbocycles. The fraction of sp³-hybridized carbons (Fsp3) is 0.333. The first-order valence-corrected chi connectivity index (χ1v) is 12.7. The van der Waals surface area contributed by atoms with Gasteiger partial charge >= 0.3 is 11.9 Å². The summed E-state index contributed by atoms with van der Waals surface area (Å²) in [5.74, 6) is -1.30. The van der Waals surface area contributed by atoms with E-state index in [0.29, 0.717) is 11.3 Å². The maximum absolute atomic E-state index is 14.1. The van der Waals surface area contributed by atoms with Crippen molar-refractivity contribution in [1.82, 2.24) is 29.5 Å². The Morgan fingerprint density at radius 1 is 0.854 bits per heavy atom. The van der Waals surface area contributed by atoms with E-state index in [1.807, 2.05) is 0 Å². The Hall–Kier alpha value is -4.88. The van der Waals surface area contributed by atoms with E-state index in [2.05, 4.69) is 20.2 Å². The van der Waals surface area contributed by atoms with Crippen molar-refractivity contribution in [1.29, 1.82) is 0 Å². The zero-order valence-corrected chi connectivity index (χ0v) is 22.8. The van der Waals surface area contributed by atoms with Gasteiger partial charge in [0.1, 0.15) is 16.9 Å². The third kappa shape index (κ3) is 6.65. The summed E-state index contributed by atoms with van der Waals surface area (Å²) in [6.45, 7) is 4.00. The third-order valence-corrected chi connectivity index (χ3v) is 5.87. The van der Waals surface area contributed by atoms with Crippen LogP contribution < -0.4 is 9.47 Å². The van der Waals surface area contributed by atoms with E-state index in [9.17, 15) is 18.4 Å². The molecule has 0 bridgehead atoms. The number of hydrogen-bond donors (Lipinski definition) is 0. The fourth-order valence-corrected chi connectivity index (χ4v) is 3.82. The van der Waals surface area contributed by atoms with Crippen molar-refractivity contribution < 1.29 is 37.3 Å². The molecule has 12 nitrogen and oxygen atoms in total. The number of hydrogen-bond acceptors (Lipinski definition) is 10. The first-order valence-electron chi connectivity index (χ1n) is 12.7. The predicted octanol–water partition coefficient (Wildman–Crippen LogP) is 4.06. The molecule has 5 rings (SSSR count). The van der Waals surface area contributed by atoms with Gasteiger partial charge in [0.2, 0.25) is 11.8 Å². The van der Waals surface area contributed by atoms with E-state index in [-0.39, 0.29) is 47.8 Å². The number of methoxy groups -OCH3 is 2. The van der Waals surface area contributed by atoms with Gasteiger partial charge < -0.3 is 18.9 Å². The lowest BCUT2D eigenvalue weighted by atomic mass is 10.1. The van der Waals surface area contributed by atoms with Gasteiger partial charge in [0.15, 0.2) is 11.6 Å². The van der Waals surface area contributed by atoms with Crippen molar-refractivity contribution in [3.63, 3.8) is 0 Å². The number of carbonyl (C=O) groups is 2. The number of halogens is 2. The SMILES string of the molecule is CCOC(=O)c1cnn(-c2cc(OC)ncc2F)c1.CCOC(=O)c1cnn(-c2cc(OC)ncc2F)c1C1CC1. The molecule has 4 aromatic rings. The molecule has 0 saturated heterocycles. The lowest BCUT2D eigenvalue weighted by Gasteiger charge is -2.10. The van der Waals surface area contributed by atoms with Crippen LogP contribution in [0.15, 0.2) is 43.1 Å². The minimum Gasteiger partial charge on any atom is -0.481 e. The molecule has 0 aromatic carbocycles. The molecular weight excluding hydrogens is 542 g/mol. The van der Waals surface area contributed by atoms with Gasteiger partial charge in [-0.3, -0.25) is 0 Å². The van der Waals surface area contributed by atoms with Crippen molar-refractivity contribution in [3.05, 3.63) is 71.6 Å². The molecule has 216 valence electrons.